The fourth-order valence-electron chi connectivity index (χ4n) is 2.51. The van der Waals surface area contributed by atoms with Crippen LogP contribution in [0.2, 0.25) is 0 Å². The molecule has 0 aliphatic carbocycles. The van der Waals surface area contributed by atoms with Crippen molar-refractivity contribution in [2.24, 2.45) is 5.92 Å². The second kappa shape index (κ2) is 8.28. The van der Waals surface area contributed by atoms with E-state index in [4.69, 9.17) is 4.74 Å². The van der Waals surface area contributed by atoms with Gasteiger partial charge in [-0.3, -0.25) is 9.78 Å². The first-order valence-corrected chi connectivity index (χ1v) is 8.05. The Morgan fingerprint density at radius 1 is 1.24 bits per heavy atom. The van der Waals surface area contributed by atoms with Crippen LogP contribution in [-0.4, -0.2) is 35.1 Å². The van der Waals surface area contributed by atoms with Crippen LogP contribution in [0, 0.1) is 5.92 Å². The third kappa shape index (κ3) is 4.79. The predicted molar refractivity (Wildman–Crippen MR) is 94.6 cm³/mol. The van der Waals surface area contributed by atoms with E-state index in [2.05, 4.69) is 10.3 Å². The summed E-state index contributed by atoms with van der Waals surface area (Å²) in [4.78, 5) is 28.1. The molecule has 2 N–H and O–H groups in total. The van der Waals surface area contributed by atoms with E-state index in [1.165, 1.54) is 0 Å². The highest BCUT2D eigenvalue weighted by atomic mass is 16.5. The largest absolute Gasteiger partial charge is 0.496 e. The number of hydrogen-bond acceptors (Lipinski definition) is 4. The van der Waals surface area contributed by atoms with Gasteiger partial charge in [0, 0.05) is 17.3 Å². The van der Waals surface area contributed by atoms with Crippen LogP contribution < -0.4 is 10.1 Å². The number of carboxylic acid groups (broad SMARTS) is 1. The standard InChI is InChI=1S/C19H22N2O4/c1-12(2)10-16(19(23)24)21-18(22)13-7-8-17(25-3)14(11-13)15-6-4-5-9-20-15/h4-9,11-12,16H,10H2,1-3H3,(H,21,22)(H,23,24)/t16-/m0/s1. The summed E-state index contributed by atoms with van der Waals surface area (Å²) in [6.45, 7) is 3.82. The van der Waals surface area contributed by atoms with Gasteiger partial charge in [-0.15, -0.1) is 0 Å². The average Bonchev–Trinajstić information content (AvgIpc) is 2.60. The van der Waals surface area contributed by atoms with Gasteiger partial charge in [-0.05, 0) is 42.7 Å². The molecule has 0 bridgehead atoms. The molecule has 0 aliphatic rings. The highest BCUT2D eigenvalue weighted by molar-refractivity contribution is 5.98. The number of benzene rings is 1. The van der Waals surface area contributed by atoms with Crippen molar-refractivity contribution >= 4 is 11.9 Å². The zero-order valence-corrected chi connectivity index (χ0v) is 14.5. The Balaban J connectivity index is 2.30. The fraction of sp³-hybridized carbons (Fsp3) is 0.316. The molecular formula is C19H22N2O4. The molecule has 25 heavy (non-hydrogen) atoms. The van der Waals surface area contributed by atoms with Crippen molar-refractivity contribution in [1.29, 1.82) is 0 Å². The lowest BCUT2D eigenvalue weighted by molar-refractivity contribution is -0.139. The number of nitrogens with one attached hydrogen (secondary N) is 1. The molecule has 1 heterocycles. The SMILES string of the molecule is COc1ccc(C(=O)N[C@@H](CC(C)C)C(=O)O)cc1-c1ccccn1. The zero-order valence-electron chi connectivity index (χ0n) is 14.5. The van der Waals surface area contributed by atoms with Gasteiger partial charge in [-0.2, -0.15) is 0 Å². The number of amides is 1. The third-order valence-electron chi connectivity index (χ3n) is 3.71. The molecule has 6 nitrogen and oxygen atoms in total. The van der Waals surface area contributed by atoms with E-state index in [0.29, 0.717) is 29.0 Å². The Labute approximate surface area is 146 Å². The minimum absolute atomic E-state index is 0.154. The number of carbonyl (C=O) groups excluding carboxylic acids is 1. The molecule has 0 saturated heterocycles. The second-order valence-corrected chi connectivity index (χ2v) is 6.12. The highest BCUT2D eigenvalue weighted by Crippen LogP contribution is 2.29. The van der Waals surface area contributed by atoms with Crippen molar-refractivity contribution in [3.05, 3.63) is 48.2 Å². The number of ether oxygens (including phenoxy) is 1. The lowest BCUT2D eigenvalue weighted by Crippen LogP contribution is -2.41. The van der Waals surface area contributed by atoms with E-state index in [1.807, 2.05) is 26.0 Å². The summed E-state index contributed by atoms with van der Waals surface area (Å²) in [6.07, 6.45) is 2.02. The number of pyridine rings is 1. The van der Waals surface area contributed by atoms with Gasteiger partial charge in [0.15, 0.2) is 0 Å². The molecule has 0 radical (unpaired) electrons. The van der Waals surface area contributed by atoms with Crippen LogP contribution >= 0.6 is 0 Å². The molecule has 0 saturated carbocycles. The van der Waals surface area contributed by atoms with Gasteiger partial charge < -0.3 is 15.2 Å². The molecule has 0 fully saturated rings. The molecule has 0 spiro atoms. The summed E-state index contributed by atoms with van der Waals surface area (Å²) in [5.41, 5.74) is 1.70. The fourth-order valence-corrected chi connectivity index (χ4v) is 2.51. The first-order chi connectivity index (χ1) is 11.9. The van der Waals surface area contributed by atoms with Crippen LogP contribution in [0.15, 0.2) is 42.6 Å². The van der Waals surface area contributed by atoms with E-state index < -0.39 is 17.9 Å². The van der Waals surface area contributed by atoms with Gasteiger partial charge in [0.05, 0.1) is 12.8 Å². The molecule has 0 unspecified atom stereocenters. The molecule has 6 heteroatoms. The van der Waals surface area contributed by atoms with Crippen LogP contribution in [0.25, 0.3) is 11.3 Å². The first kappa shape index (κ1) is 18.4. The van der Waals surface area contributed by atoms with E-state index in [1.54, 1.807) is 37.6 Å². The Kier molecular flexibility index (Phi) is 6.11. The van der Waals surface area contributed by atoms with E-state index in [0.717, 1.165) is 0 Å². The number of rotatable bonds is 7. The molecule has 2 rings (SSSR count). The number of hydrogen-bond donors (Lipinski definition) is 2. The highest BCUT2D eigenvalue weighted by Gasteiger charge is 2.22. The second-order valence-electron chi connectivity index (χ2n) is 6.12. The maximum Gasteiger partial charge on any atom is 0.326 e. The van der Waals surface area contributed by atoms with Crippen molar-refractivity contribution in [2.75, 3.05) is 7.11 Å². The summed E-state index contributed by atoms with van der Waals surface area (Å²) >= 11 is 0. The molecule has 1 atom stereocenters. The number of aromatic nitrogens is 1. The Morgan fingerprint density at radius 2 is 2.00 bits per heavy atom. The van der Waals surface area contributed by atoms with E-state index >= 15 is 0 Å². The maximum absolute atomic E-state index is 12.5. The van der Waals surface area contributed by atoms with Crippen molar-refractivity contribution in [3.63, 3.8) is 0 Å². The summed E-state index contributed by atoms with van der Waals surface area (Å²) < 4.78 is 5.34. The normalized spacial score (nSPS) is 11.8. The smallest absolute Gasteiger partial charge is 0.326 e. The predicted octanol–water partition coefficient (Wildman–Crippen LogP) is 2.99. The van der Waals surface area contributed by atoms with Crippen LogP contribution in [0.3, 0.4) is 0 Å². The molecular weight excluding hydrogens is 320 g/mol. The summed E-state index contributed by atoms with van der Waals surface area (Å²) in [5.74, 6) is -0.734. The quantitative estimate of drug-likeness (QED) is 0.807. The maximum atomic E-state index is 12.5. The summed E-state index contributed by atoms with van der Waals surface area (Å²) in [6, 6.07) is 9.48. The van der Waals surface area contributed by atoms with Crippen LogP contribution in [0.5, 0.6) is 5.75 Å². The minimum atomic E-state index is -1.04. The van der Waals surface area contributed by atoms with Crippen LogP contribution in [0.4, 0.5) is 0 Å². The van der Waals surface area contributed by atoms with E-state index in [9.17, 15) is 14.7 Å². The summed E-state index contributed by atoms with van der Waals surface area (Å²) in [5, 5.41) is 11.9. The monoisotopic (exact) mass is 342 g/mol. The van der Waals surface area contributed by atoms with Gasteiger partial charge in [0.2, 0.25) is 0 Å². The zero-order chi connectivity index (χ0) is 18.4. The lowest BCUT2D eigenvalue weighted by Gasteiger charge is -2.17. The Hall–Kier alpha value is -2.89. The molecule has 1 aromatic heterocycles. The van der Waals surface area contributed by atoms with Gasteiger partial charge in [0.1, 0.15) is 11.8 Å². The van der Waals surface area contributed by atoms with Crippen molar-refractivity contribution in [3.8, 4) is 17.0 Å². The minimum Gasteiger partial charge on any atom is -0.496 e. The number of aliphatic carboxylic acids is 1. The Morgan fingerprint density at radius 3 is 2.56 bits per heavy atom. The number of carboxylic acids is 1. The number of nitrogens with zero attached hydrogens (tertiary/aromatic N) is 1. The average molecular weight is 342 g/mol. The molecule has 1 amide bonds. The molecule has 2 aromatic rings. The van der Waals surface area contributed by atoms with Gasteiger partial charge in [-0.1, -0.05) is 19.9 Å². The van der Waals surface area contributed by atoms with Gasteiger partial charge >= 0.3 is 5.97 Å². The Bertz CT molecular complexity index is 744. The van der Waals surface area contributed by atoms with Crippen molar-refractivity contribution in [2.45, 2.75) is 26.3 Å². The molecule has 0 aliphatic heterocycles. The third-order valence-corrected chi connectivity index (χ3v) is 3.71. The van der Waals surface area contributed by atoms with E-state index in [-0.39, 0.29) is 5.92 Å². The molecule has 132 valence electrons. The van der Waals surface area contributed by atoms with Crippen LogP contribution in [-0.2, 0) is 4.79 Å². The summed E-state index contributed by atoms with van der Waals surface area (Å²) in [7, 11) is 1.55. The number of carbonyl (C=O) groups is 2. The lowest BCUT2D eigenvalue weighted by atomic mass is 10.0. The molecule has 1 aromatic carbocycles. The first-order valence-electron chi connectivity index (χ1n) is 8.05. The number of methoxy groups -OCH3 is 1. The topological polar surface area (TPSA) is 88.5 Å². The van der Waals surface area contributed by atoms with Gasteiger partial charge in [-0.25, -0.2) is 4.79 Å². The van der Waals surface area contributed by atoms with Crippen molar-refractivity contribution < 1.29 is 19.4 Å². The van der Waals surface area contributed by atoms with Gasteiger partial charge in [0.25, 0.3) is 5.91 Å². The van der Waals surface area contributed by atoms with Crippen molar-refractivity contribution in [1.82, 2.24) is 10.3 Å². The van der Waals surface area contributed by atoms with Crippen LogP contribution in [0.1, 0.15) is 30.6 Å².